The number of ether oxygens (including phenoxy) is 2. The molecule has 1 heterocycles. The van der Waals surface area contributed by atoms with Crippen molar-refractivity contribution in [2.45, 2.75) is 18.6 Å². The number of benzene rings is 3. The van der Waals surface area contributed by atoms with Crippen molar-refractivity contribution in [2.24, 2.45) is 0 Å². The predicted molar refractivity (Wildman–Crippen MR) is 107 cm³/mol. The first-order valence-corrected chi connectivity index (χ1v) is 9.60. The van der Waals surface area contributed by atoms with E-state index in [1.165, 1.54) is 12.1 Å². The summed E-state index contributed by atoms with van der Waals surface area (Å²) in [7, 11) is 0. The molecule has 1 aliphatic heterocycles. The van der Waals surface area contributed by atoms with Gasteiger partial charge in [0.05, 0.1) is 0 Å². The van der Waals surface area contributed by atoms with Gasteiger partial charge in [0.15, 0.2) is 0 Å². The maximum atomic E-state index is 13.0. The molecule has 2 atom stereocenters. The first-order chi connectivity index (χ1) is 13.7. The van der Waals surface area contributed by atoms with E-state index in [0.29, 0.717) is 12.3 Å². The zero-order valence-corrected chi connectivity index (χ0v) is 15.6. The van der Waals surface area contributed by atoms with E-state index < -0.39 is 6.10 Å². The Balaban J connectivity index is 1.26. The Morgan fingerprint density at radius 2 is 1.82 bits per heavy atom. The van der Waals surface area contributed by atoms with Crippen LogP contribution in [0, 0.1) is 5.82 Å². The Labute approximate surface area is 164 Å². The average molecular weight is 381 g/mol. The molecular formula is C23H24FNO3. The molecule has 1 fully saturated rings. The summed E-state index contributed by atoms with van der Waals surface area (Å²) >= 11 is 0. The Morgan fingerprint density at radius 1 is 1.04 bits per heavy atom. The van der Waals surface area contributed by atoms with Crippen LogP contribution in [0.15, 0.2) is 66.7 Å². The van der Waals surface area contributed by atoms with E-state index >= 15 is 0 Å². The lowest BCUT2D eigenvalue weighted by atomic mass is 10.1. The lowest BCUT2D eigenvalue weighted by Gasteiger charge is -2.21. The predicted octanol–water partition coefficient (Wildman–Crippen LogP) is 3.87. The summed E-state index contributed by atoms with van der Waals surface area (Å²) in [6.45, 7) is 2.38. The van der Waals surface area contributed by atoms with Gasteiger partial charge in [0.25, 0.3) is 0 Å². The van der Waals surface area contributed by atoms with Crippen molar-refractivity contribution < 1.29 is 19.0 Å². The summed E-state index contributed by atoms with van der Waals surface area (Å²) in [5.74, 6) is 1.19. The molecule has 4 nitrogen and oxygen atoms in total. The van der Waals surface area contributed by atoms with Crippen molar-refractivity contribution >= 4 is 10.8 Å². The second-order valence-electron chi connectivity index (χ2n) is 7.18. The molecule has 28 heavy (non-hydrogen) atoms. The third kappa shape index (κ3) is 4.61. The van der Waals surface area contributed by atoms with E-state index in [-0.39, 0.29) is 18.5 Å². The molecule has 3 aromatic carbocycles. The monoisotopic (exact) mass is 381 g/mol. The standard InChI is InChI=1S/C23H24FNO3/c24-18-8-10-20(11-9-18)28-21-12-13-25(15-21)14-19(26)16-27-23-7-3-5-17-4-1-2-6-22(17)23/h1-11,19,21,26H,12-16H2/t19?,21-/m1/s1. The molecule has 1 saturated heterocycles. The fraction of sp³-hybridized carbons (Fsp3) is 0.304. The minimum absolute atomic E-state index is 0.0525. The van der Waals surface area contributed by atoms with Crippen molar-refractivity contribution in [3.05, 3.63) is 72.5 Å². The van der Waals surface area contributed by atoms with Crippen LogP contribution in [0.2, 0.25) is 0 Å². The van der Waals surface area contributed by atoms with Gasteiger partial charge >= 0.3 is 0 Å². The van der Waals surface area contributed by atoms with Crippen molar-refractivity contribution in [3.8, 4) is 11.5 Å². The van der Waals surface area contributed by atoms with Gasteiger partial charge < -0.3 is 14.6 Å². The quantitative estimate of drug-likeness (QED) is 0.675. The van der Waals surface area contributed by atoms with Gasteiger partial charge in [-0.3, -0.25) is 4.90 Å². The summed E-state index contributed by atoms with van der Waals surface area (Å²) < 4.78 is 24.8. The van der Waals surface area contributed by atoms with E-state index in [0.717, 1.165) is 36.0 Å². The first kappa shape index (κ1) is 18.7. The van der Waals surface area contributed by atoms with E-state index in [1.807, 2.05) is 42.5 Å². The van der Waals surface area contributed by atoms with Crippen molar-refractivity contribution in [1.29, 1.82) is 0 Å². The number of aliphatic hydroxyl groups is 1. The zero-order chi connectivity index (χ0) is 19.3. The molecular weight excluding hydrogens is 357 g/mol. The fourth-order valence-corrected chi connectivity index (χ4v) is 3.62. The number of fused-ring (bicyclic) bond motifs is 1. The molecule has 146 valence electrons. The van der Waals surface area contributed by atoms with Gasteiger partial charge in [-0.1, -0.05) is 36.4 Å². The van der Waals surface area contributed by atoms with Crippen molar-refractivity contribution in [3.63, 3.8) is 0 Å². The van der Waals surface area contributed by atoms with E-state index in [9.17, 15) is 9.50 Å². The summed E-state index contributed by atoms with van der Waals surface area (Å²) in [4.78, 5) is 2.17. The number of halogens is 1. The van der Waals surface area contributed by atoms with Crippen LogP contribution < -0.4 is 9.47 Å². The summed E-state index contributed by atoms with van der Waals surface area (Å²) in [6.07, 6.45) is 0.356. The highest BCUT2D eigenvalue weighted by Crippen LogP contribution is 2.25. The Kier molecular flexibility index (Phi) is 5.74. The third-order valence-corrected chi connectivity index (χ3v) is 5.00. The number of hydrogen-bond acceptors (Lipinski definition) is 4. The third-order valence-electron chi connectivity index (χ3n) is 5.00. The first-order valence-electron chi connectivity index (χ1n) is 9.60. The average Bonchev–Trinajstić information content (AvgIpc) is 3.15. The summed E-state index contributed by atoms with van der Waals surface area (Å²) in [6, 6.07) is 20.1. The smallest absolute Gasteiger partial charge is 0.127 e. The molecule has 1 N–H and O–H groups in total. The minimum atomic E-state index is -0.580. The van der Waals surface area contributed by atoms with Crippen LogP contribution in [-0.4, -0.2) is 48.5 Å². The normalized spacial score (nSPS) is 18.3. The number of aliphatic hydroxyl groups excluding tert-OH is 1. The fourth-order valence-electron chi connectivity index (χ4n) is 3.62. The second kappa shape index (κ2) is 8.59. The van der Waals surface area contributed by atoms with Crippen LogP contribution in [0.5, 0.6) is 11.5 Å². The number of hydrogen-bond donors (Lipinski definition) is 1. The molecule has 0 spiro atoms. The molecule has 0 bridgehead atoms. The molecule has 5 heteroatoms. The van der Waals surface area contributed by atoms with Crippen LogP contribution in [0.3, 0.4) is 0 Å². The lowest BCUT2D eigenvalue weighted by molar-refractivity contribution is 0.0725. The van der Waals surface area contributed by atoms with Crippen molar-refractivity contribution in [1.82, 2.24) is 4.90 Å². The van der Waals surface area contributed by atoms with E-state index in [1.54, 1.807) is 12.1 Å². The second-order valence-corrected chi connectivity index (χ2v) is 7.18. The number of nitrogens with zero attached hydrogens (tertiary/aromatic N) is 1. The molecule has 0 aliphatic carbocycles. The highest BCUT2D eigenvalue weighted by Gasteiger charge is 2.25. The van der Waals surface area contributed by atoms with Gasteiger partial charge in [0.2, 0.25) is 0 Å². The van der Waals surface area contributed by atoms with Crippen LogP contribution >= 0.6 is 0 Å². The van der Waals surface area contributed by atoms with E-state index in [2.05, 4.69) is 4.90 Å². The Morgan fingerprint density at radius 3 is 2.68 bits per heavy atom. The SMILES string of the molecule is OC(COc1cccc2ccccc12)CN1CC[C@@H](Oc2ccc(F)cc2)C1. The maximum Gasteiger partial charge on any atom is 0.127 e. The van der Waals surface area contributed by atoms with Crippen LogP contribution in [-0.2, 0) is 0 Å². The molecule has 0 amide bonds. The molecule has 1 aliphatic rings. The Hall–Kier alpha value is -2.63. The molecule has 0 radical (unpaired) electrons. The topological polar surface area (TPSA) is 41.9 Å². The van der Waals surface area contributed by atoms with E-state index in [4.69, 9.17) is 9.47 Å². The van der Waals surface area contributed by atoms with Gasteiger partial charge in [-0.15, -0.1) is 0 Å². The number of rotatable bonds is 7. The van der Waals surface area contributed by atoms with Gasteiger partial charge in [-0.05, 0) is 42.1 Å². The molecule has 0 saturated carbocycles. The highest BCUT2D eigenvalue weighted by molar-refractivity contribution is 5.88. The lowest BCUT2D eigenvalue weighted by Crippen LogP contribution is -2.35. The van der Waals surface area contributed by atoms with Gasteiger partial charge in [0.1, 0.15) is 36.1 Å². The highest BCUT2D eigenvalue weighted by atomic mass is 19.1. The molecule has 0 aromatic heterocycles. The summed E-state index contributed by atoms with van der Waals surface area (Å²) in [5.41, 5.74) is 0. The van der Waals surface area contributed by atoms with Crippen LogP contribution in [0.4, 0.5) is 4.39 Å². The Bertz CT molecular complexity index is 910. The van der Waals surface area contributed by atoms with Gasteiger partial charge in [-0.25, -0.2) is 4.39 Å². The number of likely N-dealkylation sites (tertiary alicyclic amines) is 1. The largest absolute Gasteiger partial charge is 0.490 e. The molecule has 3 aromatic rings. The number of β-amino-alcohol motifs (C(OH)–C–C–N with tert-alkyl or cyclic N) is 1. The van der Waals surface area contributed by atoms with Gasteiger partial charge in [0, 0.05) is 25.0 Å². The minimum Gasteiger partial charge on any atom is -0.490 e. The van der Waals surface area contributed by atoms with Gasteiger partial charge in [-0.2, -0.15) is 0 Å². The van der Waals surface area contributed by atoms with Crippen LogP contribution in [0.1, 0.15) is 6.42 Å². The van der Waals surface area contributed by atoms with Crippen molar-refractivity contribution in [2.75, 3.05) is 26.2 Å². The maximum absolute atomic E-state index is 13.0. The van der Waals surface area contributed by atoms with Crippen LogP contribution in [0.25, 0.3) is 10.8 Å². The molecule has 1 unspecified atom stereocenters. The molecule has 4 rings (SSSR count). The zero-order valence-electron chi connectivity index (χ0n) is 15.6. The summed E-state index contributed by atoms with van der Waals surface area (Å²) in [5, 5.41) is 12.6.